The van der Waals surface area contributed by atoms with E-state index < -0.39 is 11.0 Å². The standard InChI is InChI=1S/C19H15N5O3/c25-19-22-16(12-4-2-1-3-5-12)15(18-20-10-11-21-18)17(23-19)13-6-8-14(9-7-13)24(26)27/h1-11,17H,(H,20,21)(H2,22,23,25)/t17-/m0/s1. The molecule has 1 aromatic heterocycles. The fraction of sp³-hybridized carbons (Fsp3) is 0.0526. The van der Waals surface area contributed by atoms with Gasteiger partial charge in [0, 0.05) is 30.1 Å². The predicted molar refractivity (Wildman–Crippen MR) is 99.3 cm³/mol. The Balaban J connectivity index is 1.88. The number of aromatic amines is 1. The largest absolute Gasteiger partial charge is 0.345 e. The second kappa shape index (κ2) is 6.75. The average Bonchev–Trinajstić information content (AvgIpc) is 3.22. The lowest BCUT2D eigenvalue weighted by molar-refractivity contribution is -0.384. The molecule has 134 valence electrons. The topological polar surface area (TPSA) is 113 Å². The summed E-state index contributed by atoms with van der Waals surface area (Å²) >= 11 is 0. The van der Waals surface area contributed by atoms with Crippen molar-refractivity contribution in [1.29, 1.82) is 0 Å². The molecule has 0 unspecified atom stereocenters. The van der Waals surface area contributed by atoms with Gasteiger partial charge in [-0.2, -0.15) is 0 Å². The van der Waals surface area contributed by atoms with Crippen LogP contribution in [0.3, 0.4) is 0 Å². The normalized spacial score (nSPS) is 16.6. The van der Waals surface area contributed by atoms with Crippen molar-refractivity contribution in [3.05, 3.63) is 94.1 Å². The summed E-state index contributed by atoms with van der Waals surface area (Å²) < 4.78 is 0. The quantitative estimate of drug-likeness (QED) is 0.489. The molecule has 3 aromatic rings. The maximum absolute atomic E-state index is 12.3. The average molecular weight is 361 g/mol. The zero-order valence-corrected chi connectivity index (χ0v) is 14.0. The minimum Gasteiger partial charge on any atom is -0.345 e. The summed E-state index contributed by atoms with van der Waals surface area (Å²) in [6, 6.07) is 14.7. The number of nitro groups is 1. The minimum atomic E-state index is -0.513. The number of nitrogens with zero attached hydrogens (tertiary/aromatic N) is 2. The van der Waals surface area contributed by atoms with E-state index in [1.54, 1.807) is 24.5 Å². The van der Waals surface area contributed by atoms with Gasteiger partial charge in [-0.15, -0.1) is 0 Å². The molecule has 8 nitrogen and oxygen atoms in total. The first-order valence-corrected chi connectivity index (χ1v) is 8.24. The monoisotopic (exact) mass is 361 g/mol. The van der Waals surface area contributed by atoms with E-state index in [-0.39, 0.29) is 11.7 Å². The molecule has 0 spiro atoms. The van der Waals surface area contributed by atoms with Crippen LogP contribution >= 0.6 is 0 Å². The van der Waals surface area contributed by atoms with Gasteiger partial charge >= 0.3 is 6.03 Å². The summed E-state index contributed by atoms with van der Waals surface area (Å²) in [5.74, 6) is 0.602. The van der Waals surface area contributed by atoms with Crippen molar-refractivity contribution >= 4 is 23.0 Å². The Morgan fingerprint density at radius 1 is 1.04 bits per heavy atom. The van der Waals surface area contributed by atoms with Gasteiger partial charge in [-0.3, -0.25) is 10.1 Å². The van der Waals surface area contributed by atoms with Gasteiger partial charge in [-0.05, 0) is 23.3 Å². The zero-order chi connectivity index (χ0) is 18.8. The number of carbonyl (C=O) groups excluding carboxylic acids is 1. The number of imidazole rings is 1. The molecule has 0 saturated heterocycles. The Morgan fingerprint density at radius 3 is 2.41 bits per heavy atom. The van der Waals surface area contributed by atoms with Gasteiger partial charge in [0.05, 0.1) is 16.7 Å². The van der Waals surface area contributed by atoms with E-state index in [2.05, 4.69) is 20.6 Å². The molecule has 0 radical (unpaired) electrons. The van der Waals surface area contributed by atoms with Crippen LogP contribution in [0, 0.1) is 10.1 Å². The number of H-pyrrole nitrogens is 1. The Morgan fingerprint density at radius 2 is 1.78 bits per heavy atom. The third-order valence-corrected chi connectivity index (χ3v) is 4.33. The van der Waals surface area contributed by atoms with Crippen LogP contribution in [0.5, 0.6) is 0 Å². The molecule has 1 atom stereocenters. The van der Waals surface area contributed by atoms with Crippen molar-refractivity contribution in [2.24, 2.45) is 0 Å². The Labute approximate surface area is 154 Å². The number of aromatic nitrogens is 2. The molecule has 0 aliphatic carbocycles. The predicted octanol–water partition coefficient (Wildman–Crippen LogP) is 3.24. The van der Waals surface area contributed by atoms with Gasteiger partial charge in [-0.1, -0.05) is 30.3 Å². The van der Waals surface area contributed by atoms with Crippen molar-refractivity contribution in [2.45, 2.75) is 6.04 Å². The van der Waals surface area contributed by atoms with E-state index in [4.69, 9.17) is 0 Å². The number of amides is 2. The first-order chi connectivity index (χ1) is 13.1. The van der Waals surface area contributed by atoms with E-state index in [0.717, 1.165) is 16.7 Å². The number of non-ortho nitro benzene ring substituents is 1. The van der Waals surface area contributed by atoms with Gasteiger partial charge < -0.3 is 15.6 Å². The van der Waals surface area contributed by atoms with Crippen molar-refractivity contribution in [3.8, 4) is 0 Å². The molecule has 3 N–H and O–H groups in total. The van der Waals surface area contributed by atoms with Crippen LogP contribution in [-0.4, -0.2) is 20.9 Å². The number of nitro benzene ring substituents is 1. The van der Waals surface area contributed by atoms with Gasteiger partial charge in [0.1, 0.15) is 5.82 Å². The van der Waals surface area contributed by atoms with Gasteiger partial charge in [0.2, 0.25) is 0 Å². The highest BCUT2D eigenvalue weighted by Gasteiger charge is 2.31. The maximum Gasteiger partial charge on any atom is 0.320 e. The number of urea groups is 1. The Bertz CT molecular complexity index is 1010. The van der Waals surface area contributed by atoms with Crippen molar-refractivity contribution in [1.82, 2.24) is 20.6 Å². The molecule has 27 heavy (non-hydrogen) atoms. The highest BCUT2D eigenvalue weighted by atomic mass is 16.6. The lowest BCUT2D eigenvalue weighted by Crippen LogP contribution is -2.43. The molecule has 2 heterocycles. The molecular formula is C19H15N5O3. The fourth-order valence-electron chi connectivity index (χ4n) is 3.10. The Kier molecular flexibility index (Phi) is 4.13. The molecule has 0 bridgehead atoms. The van der Waals surface area contributed by atoms with Crippen molar-refractivity contribution < 1.29 is 9.72 Å². The van der Waals surface area contributed by atoms with E-state index in [0.29, 0.717) is 11.5 Å². The second-order valence-corrected chi connectivity index (χ2v) is 5.97. The highest BCUT2D eigenvalue weighted by molar-refractivity contribution is 6.01. The van der Waals surface area contributed by atoms with Crippen LogP contribution in [0.2, 0.25) is 0 Å². The van der Waals surface area contributed by atoms with Gasteiger partial charge in [-0.25, -0.2) is 9.78 Å². The van der Waals surface area contributed by atoms with E-state index >= 15 is 0 Å². The Hall–Kier alpha value is -3.94. The molecule has 1 aliphatic rings. The molecule has 8 heteroatoms. The summed E-state index contributed by atoms with van der Waals surface area (Å²) in [6.07, 6.45) is 3.34. The molecule has 2 amide bonds. The number of rotatable bonds is 4. The zero-order valence-electron chi connectivity index (χ0n) is 14.0. The molecular weight excluding hydrogens is 346 g/mol. The number of nitrogens with one attached hydrogen (secondary N) is 3. The van der Waals surface area contributed by atoms with Crippen LogP contribution in [0.25, 0.3) is 11.3 Å². The second-order valence-electron chi connectivity index (χ2n) is 5.97. The molecule has 1 aliphatic heterocycles. The van der Waals surface area contributed by atoms with E-state index in [9.17, 15) is 14.9 Å². The summed E-state index contributed by atoms with van der Waals surface area (Å²) in [7, 11) is 0. The molecule has 2 aromatic carbocycles. The third kappa shape index (κ3) is 3.15. The van der Waals surface area contributed by atoms with Crippen molar-refractivity contribution in [3.63, 3.8) is 0 Å². The van der Waals surface area contributed by atoms with Crippen LogP contribution in [-0.2, 0) is 0 Å². The van der Waals surface area contributed by atoms with E-state index in [1.165, 1.54) is 12.1 Å². The summed E-state index contributed by atoms with van der Waals surface area (Å²) in [4.78, 5) is 30.2. The summed E-state index contributed by atoms with van der Waals surface area (Å²) in [5, 5.41) is 16.7. The number of hydrogen-bond donors (Lipinski definition) is 3. The smallest absolute Gasteiger partial charge is 0.320 e. The van der Waals surface area contributed by atoms with Crippen LogP contribution in [0.15, 0.2) is 67.0 Å². The first-order valence-electron chi connectivity index (χ1n) is 8.24. The van der Waals surface area contributed by atoms with Gasteiger partial charge in [0.15, 0.2) is 0 Å². The lowest BCUT2D eigenvalue weighted by Gasteiger charge is -2.29. The van der Waals surface area contributed by atoms with Gasteiger partial charge in [0.25, 0.3) is 5.69 Å². The summed E-state index contributed by atoms with van der Waals surface area (Å²) in [5.41, 5.74) is 2.93. The molecule has 0 saturated carbocycles. The van der Waals surface area contributed by atoms with Crippen LogP contribution in [0.1, 0.15) is 23.0 Å². The number of benzene rings is 2. The molecule has 0 fully saturated rings. The van der Waals surface area contributed by atoms with Crippen LogP contribution < -0.4 is 10.6 Å². The number of carbonyl (C=O) groups is 1. The minimum absolute atomic E-state index is 0.00850. The SMILES string of the molecule is O=C1NC(c2ccccc2)=C(c2ncc[nH]2)[C@H](c2ccc([N+](=O)[O-])cc2)N1. The number of hydrogen-bond acceptors (Lipinski definition) is 4. The molecule has 4 rings (SSSR count). The van der Waals surface area contributed by atoms with Crippen LogP contribution in [0.4, 0.5) is 10.5 Å². The summed E-state index contributed by atoms with van der Waals surface area (Å²) in [6.45, 7) is 0. The first kappa shape index (κ1) is 16.5. The maximum atomic E-state index is 12.3. The lowest BCUT2D eigenvalue weighted by atomic mass is 9.92. The highest BCUT2D eigenvalue weighted by Crippen LogP contribution is 2.36. The fourth-order valence-corrected chi connectivity index (χ4v) is 3.10. The van der Waals surface area contributed by atoms with Crippen molar-refractivity contribution in [2.75, 3.05) is 0 Å². The van der Waals surface area contributed by atoms with E-state index in [1.807, 2.05) is 30.3 Å². The third-order valence-electron chi connectivity index (χ3n) is 4.33.